The van der Waals surface area contributed by atoms with Crippen molar-refractivity contribution in [3.8, 4) is 5.75 Å². The molecule has 1 aliphatic rings. The van der Waals surface area contributed by atoms with E-state index in [2.05, 4.69) is 16.1 Å². The van der Waals surface area contributed by atoms with E-state index in [0.29, 0.717) is 30.9 Å². The number of alkyl halides is 5. The van der Waals surface area contributed by atoms with Gasteiger partial charge in [-0.2, -0.15) is 8.78 Å². The third kappa shape index (κ3) is 6.71. The molecule has 0 spiro atoms. The van der Waals surface area contributed by atoms with Crippen molar-refractivity contribution in [3.63, 3.8) is 0 Å². The molecule has 1 fully saturated rings. The maximum Gasteiger partial charge on any atom is 0.573 e. The fraction of sp³-hybridized carbons (Fsp3) is 0.556. The molecular formula is C18H19F7O2. The van der Waals surface area contributed by atoms with E-state index in [0.717, 1.165) is 12.8 Å². The molecule has 2 rings (SSSR count). The third-order valence-corrected chi connectivity index (χ3v) is 4.48. The molecule has 0 aliphatic heterocycles. The maximum atomic E-state index is 14.0. The number of ether oxygens (including phenoxy) is 2. The van der Waals surface area contributed by atoms with E-state index in [1.807, 2.05) is 0 Å². The molecule has 0 heterocycles. The highest BCUT2D eigenvalue weighted by molar-refractivity contribution is 5.31. The minimum atomic E-state index is -5.28. The van der Waals surface area contributed by atoms with Gasteiger partial charge in [-0.25, -0.2) is 8.78 Å². The summed E-state index contributed by atoms with van der Waals surface area (Å²) in [5, 5.41) is 0. The predicted molar refractivity (Wildman–Crippen MR) is 83.0 cm³/mol. The fourth-order valence-corrected chi connectivity index (χ4v) is 3.12. The Balaban J connectivity index is 1.94. The summed E-state index contributed by atoms with van der Waals surface area (Å²) in [5.74, 6) is -4.88. The molecule has 0 N–H and O–H groups in total. The molecule has 1 aliphatic carbocycles. The highest BCUT2D eigenvalue weighted by atomic mass is 19.4. The van der Waals surface area contributed by atoms with Gasteiger partial charge >= 0.3 is 12.5 Å². The number of hydrogen-bond donors (Lipinski definition) is 0. The molecule has 0 amide bonds. The van der Waals surface area contributed by atoms with Gasteiger partial charge in [0, 0.05) is 6.42 Å². The zero-order valence-corrected chi connectivity index (χ0v) is 14.3. The molecule has 0 unspecified atom stereocenters. The second-order valence-corrected chi connectivity index (χ2v) is 6.58. The van der Waals surface area contributed by atoms with Gasteiger partial charge in [0.15, 0.2) is 11.6 Å². The lowest BCUT2D eigenvalue weighted by atomic mass is 9.80. The van der Waals surface area contributed by atoms with Crippen molar-refractivity contribution in [1.29, 1.82) is 0 Å². The first-order valence-electron chi connectivity index (χ1n) is 8.37. The van der Waals surface area contributed by atoms with Crippen molar-refractivity contribution in [2.45, 2.75) is 51.2 Å². The molecule has 1 aromatic rings. The maximum absolute atomic E-state index is 14.0. The van der Waals surface area contributed by atoms with Crippen LogP contribution in [0.25, 0.3) is 0 Å². The van der Waals surface area contributed by atoms with Gasteiger partial charge in [-0.1, -0.05) is 6.08 Å². The highest BCUT2D eigenvalue weighted by Gasteiger charge is 2.36. The lowest BCUT2D eigenvalue weighted by Gasteiger charge is -2.29. The Bertz CT molecular complexity index is 627. The zero-order chi connectivity index (χ0) is 20.2. The first kappa shape index (κ1) is 21.5. The summed E-state index contributed by atoms with van der Waals surface area (Å²) in [5.41, 5.74) is -0.366. The minimum absolute atomic E-state index is 0.243. The normalized spacial score (nSPS) is 21.1. The molecule has 0 aromatic heterocycles. The van der Waals surface area contributed by atoms with Crippen LogP contribution in [0.3, 0.4) is 0 Å². The van der Waals surface area contributed by atoms with Crippen molar-refractivity contribution >= 4 is 0 Å². The Morgan fingerprint density at radius 2 is 1.56 bits per heavy atom. The average molecular weight is 400 g/mol. The average Bonchev–Trinajstić information content (AvgIpc) is 2.56. The number of halogens is 7. The van der Waals surface area contributed by atoms with E-state index in [1.54, 1.807) is 6.08 Å². The molecule has 0 atom stereocenters. The summed E-state index contributed by atoms with van der Waals surface area (Å²) in [4.78, 5) is 0. The quantitative estimate of drug-likeness (QED) is 0.392. The topological polar surface area (TPSA) is 18.5 Å². The summed E-state index contributed by atoms with van der Waals surface area (Å²) >= 11 is 0. The van der Waals surface area contributed by atoms with Gasteiger partial charge in [-0.15, -0.1) is 19.8 Å². The van der Waals surface area contributed by atoms with Crippen LogP contribution in [0.5, 0.6) is 5.75 Å². The van der Waals surface area contributed by atoms with E-state index in [-0.39, 0.29) is 11.5 Å². The fourth-order valence-electron chi connectivity index (χ4n) is 3.12. The SMILES string of the molecule is C=CC1CCC(CC(F)(F)OCc2cc(F)c(OC(F)(F)F)c(F)c2)CC1. The molecule has 0 bridgehead atoms. The van der Waals surface area contributed by atoms with Crippen LogP contribution in [0.15, 0.2) is 24.8 Å². The molecule has 0 radical (unpaired) electrons. The minimum Gasteiger partial charge on any atom is -0.399 e. The summed E-state index contributed by atoms with van der Waals surface area (Å²) in [6.45, 7) is 2.83. The van der Waals surface area contributed by atoms with E-state index in [1.165, 1.54) is 0 Å². The summed E-state index contributed by atoms with van der Waals surface area (Å²) in [6.07, 6.45) is -4.79. The van der Waals surface area contributed by atoms with Crippen molar-refractivity contribution in [1.82, 2.24) is 0 Å². The first-order valence-corrected chi connectivity index (χ1v) is 8.37. The standard InChI is InChI=1S/C18H19F7O2/c1-2-11-3-5-12(6-4-11)9-17(21,22)26-10-13-7-14(19)16(15(20)8-13)27-18(23,24)25/h2,7-8,11-12H,1,3-6,9-10H2. The molecule has 1 saturated carbocycles. The number of allylic oxidation sites excluding steroid dienone is 1. The zero-order valence-electron chi connectivity index (χ0n) is 14.3. The molecule has 27 heavy (non-hydrogen) atoms. The van der Waals surface area contributed by atoms with Crippen LogP contribution >= 0.6 is 0 Å². The Hall–Kier alpha value is -1.77. The first-order chi connectivity index (χ1) is 12.5. The van der Waals surface area contributed by atoms with Gasteiger partial charge in [0.05, 0.1) is 6.61 Å². The van der Waals surface area contributed by atoms with Crippen LogP contribution in [0.4, 0.5) is 30.7 Å². The van der Waals surface area contributed by atoms with E-state index >= 15 is 0 Å². The lowest BCUT2D eigenvalue weighted by Crippen LogP contribution is -2.27. The predicted octanol–water partition coefficient (Wildman–Crippen LogP) is 6.36. The number of rotatable bonds is 7. The highest BCUT2D eigenvalue weighted by Crippen LogP contribution is 2.37. The van der Waals surface area contributed by atoms with Crippen molar-refractivity contribution < 1.29 is 40.2 Å². The molecule has 9 heteroatoms. The third-order valence-electron chi connectivity index (χ3n) is 4.48. The Morgan fingerprint density at radius 1 is 1.00 bits per heavy atom. The van der Waals surface area contributed by atoms with Gasteiger partial charge < -0.3 is 9.47 Å². The van der Waals surface area contributed by atoms with E-state index in [4.69, 9.17) is 0 Å². The molecule has 152 valence electrons. The van der Waals surface area contributed by atoms with Crippen LogP contribution in [-0.4, -0.2) is 12.5 Å². The smallest absolute Gasteiger partial charge is 0.399 e. The van der Waals surface area contributed by atoms with Gasteiger partial charge in [0.1, 0.15) is 0 Å². The van der Waals surface area contributed by atoms with E-state index in [9.17, 15) is 30.7 Å². The van der Waals surface area contributed by atoms with Crippen LogP contribution in [-0.2, 0) is 11.3 Å². The van der Waals surface area contributed by atoms with Gasteiger partial charge in [0.25, 0.3) is 0 Å². The van der Waals surface area contributed by atoms with Crippen molar-refractivity contribution in [2.75, 3.05) is 0 Å². The largest absolute Gasteiger partial charge is 0.573 e. The lowest BCUT2D eigenvalue weighted by molar-refractivity contribution is -0.276. The Kier molecular flexibility index (Phi) is 6.77. The van der Waals surface area contributed by atoms with Crippen LogP contribution in [0.1, 0.15) is 37.7 Å². The summed E-state index contributed by atoms with van der Waals surface area (Å²) < 4.78 is 99.1. The van der Waals surface area contributed by atoms with Gasteiger partial charge in [-0.3, -0.25) is 0 Å². The summed E-state index contributed by atoms with van der Waals surface area (Å²) in [6, 6.07) is 0.936. The second kappa shape index (κ2) is 8.50. The van der Waals surface area contributed by atoms with E-state index < -0.39 is 42.9 Å². The van der Waals surface area contributed by atoms with Crippen LogP contribution in [0, 0.1) is 23.5 Å². The monoisotopic (exact) mass is 400 g/mol. The molecule has 1 aromatic carbocycles. The molecular weight excluding hydrogens is 381 g/mol. The van der Waals surface area contributed by atoms with Crippen molar-refractivity contribution in [3.05, 3.63) is 42.0 Å². The molecule has 2 nitrogen and oxygen atoms in total. The Morgan fingerprint density at radius 3 is 2.04 bits per heavy atom. The van der Waals surface area contributed by atoms with Crippen LogP contribution in [0.2, 0.25) is 0 Å². The Labute approximate surface area is 152 Å². The van der Waals surface area contributed by atoms with Crippen molar-refractivity contribution in [2.24, 2.45) is 11.8 Å². The van der Waals surface area contributed by atoms with Crippen LogP contribution < -0.4 is 4.74 Å². The summed E-state index contributed by atoms with van der Waals surface area (Å²) in [7, 11) is 0. The van der Waals surface area contributed by atoms with Gasteiger partial charge in [0.2, 0.25) is 5.75 Å². The number of hydrogen-bond acceptors (Lipinski definition) is 2. The van der Waals surface area contributed by atoms with Gasteiger partial charge in [-0.05, 0) is 55.2 Å². The molecule has 0 saturated heterocycles. The second-order valence-electron chi connectivity index (χ2n) is 6.58. The number of benzene rings is 1.